The molecule has 0 spiro atoms. The van der Waals surface area contributed by atoms with Crippen molar-refractivity contribution >= 4 is 35.0 Å². The van der Waals surface area contributed by atoms with Crippen LogP contribution in [0.2, 0.25) is 0 Å². The van der Waals surface area contributed by atoms with Gasteiger partial charge in [0.1, 0.15) is 13.2 Å². The first-order valence-electron chi connectivity index (χ1n) is 7.30. The van der Waals surface area contributed by atoms with E-state index in [2.05, 4.69) is 0 Å². The van der Waals surface area contributed by atoms with E-state index in [4.69, 9.17) is 9.47 Å². The fraction of sp³-hybridized carbons (Fsp3) is 0.263. The third-order valence-electron chi connectivity index (χ3n) is 3.19. The van der Waals surface area contributed by atoms with Crippen LogP contribution in [-0.2, 0) is 51.8 Å². The molecule has 0 aliphatic carbocycles. The number of hydrogen-bond acceptors (Lipinski definition) is 6. The maximum absolute atomic E-state index is 11.7. The Morgan fingerprint density at radius 1 is 0.750 bits per heavy atom. The molecule has 9 heteroatoms. The van der Waals surface area contributed by atoms with Gasteiger partial charge >= 0.3 is 23.1 Å². The maximum atomic E-state index is 11.7. The van der Waals surface area contributed by atoms with E-state index >= 15 is 0 Å². The Hall–Kier alpha value is -0.830. The Bertz CT molecular complexity index is 615. The molecule has 0 aliphatic rings. The number of carbonyl (C=O) groups is 2. The smallest absolute Gasteiger partial charge is 1.00 e. The maximum Gasteiger partial charge on any atom is 2.00 e. The fourth-order valence-corrected chi connectivity index (χ4v) is 1.87. The molecule has 2 rings (SSSR count). The van der Waals surface area contributed by atoms with Gasteiger partial charge in [-0.1, -0.05) is 68.1 Å². The second-order valence-electron chi connectivity index (χ2n) is 5.03. The summed E-state index contributed by atoms with van der Waals surface area (Å²) in [7, 11) is 0. The molecule has 144 valence electrons. The van der Waals surface area contributed by atoms with E-state index < -0.39 is 24.1 Å². The number of ether oxygens (including phenoxy) is 2. The largest absolute Gasteiger partial charge is 2.00 e. The summed E-state index contributed by atoms with van der Waals surface area (Å²) in [5.41, 5.74) is 1.35. The van der Waals surface area contributed by atoms with Gasteiger partial charge in [0, 0.05) is 19.5 Å². The third kappa shape index (κ3) is 10.6. The summed E-state index contributed by atoms with van der Waals surface area (Å²) in [5, 5.41) is 23.4. The summed E-state index contributed by atoms with van der Waals surface area (Å²) in [6.07, 6.45) is -4.73. The molecule has 0 bridgehead atoms. The summed E-state index contributed by atoms with van der Waals surface area (Å²) >= 11 is 0. The van der Waals surface area contributed by atoms with E-state index in [1.54, 1.807) is 60.7 Å². The minimum atomic E-state index is -2.36. The first kappa shape index (κ1) is 31.9. The predicted octanol–water partition coefficient (Wildman–Crippen LogP) is -2.81. The molecule has 28 heavy (non-hydrogen) atoms. The third-order valence-corrected chi connectivity index (χ3v) is 3.19. The number of carbonyl (C=O) groups excluding carboxylic acids is 2. The first-order chi connectivity index (χ1) is 11.6. The summed E-state index contributed by atoms with van der Waals surface area (Å²) < 4.78 is 9.53. The van der Waals surface area contributed by atoms with Crippen molar-refractivity contribution in [3.8, 4) is 0 Å². The molecular formula is C19H20BrMgO6Zn-. The second kappa shape index (κ2) is 17.1. The molecular weight excluding hydrogens is 494 g/mol. The SMILES string of the molecule is C.O=C(OCc1ccccc1)[C@@H]([O-])[C@H]([O-])C(=O)OCc1ccccc1.[Br-].[Mg+2].[Zn]. The van der Waals surface area contributed by atoms with Crippen LogP contribution in [-0.4, -0.2) is 47.2 Å². The fourth-order valence-electron chi connectivity index (χ4n) is 1.87. The minimum Gasteiger partial charge on any atom is -1.00 e. The van der Waals surface area contributed by atoms with E-state index in [9.17, 15) is 19.8 Å². The van der Waals surface area contributed by atoms with Crippen LogP contribution in [0.15, 0.2) is 60.7 Å². The first-order valence-corrected chi connectivity index (χ1v) is 7.30. The van der Waals surface area contributed by atoms with Crippen LogP contribution in [0, 0.1) is 0 Å². The monoisotopic (exact) mass is 511 g/mol. The van der Waals surface area contributed by atoms with Gasteiger partial charge in [0.15, 0.2) is 0 Å². The van der Waals surface area contributed by atoms with Crippen molar-refractivity contribution < 1.29 is 65.7 Å². The van der Waals surface area contributed by atoms with Gasteiger partial charge in [-0.15, -0.1) is 0 Å². The normalized spacial score (nSPS) is 11.1. The van der Waals surface area contributed by atoms with Gasteiger partial charge in [-0.3, -0.25) is 9.59 Å². The zero-order valence-electron chi connectivity index (χ0n) is 14.6. The standard InChI is InChI=1S/C18H16O6.CH4.BrH.Mg.Zn/c19-15(17(21)23-11-13-7-3-1-4-8-13)16(20)18(22)24-12-14-9-5-2-6-10-14;;;;/h1-10,15-16H,11-12H2;1H4;1H;;/q-2;;;+2;/p-1/t15-,16-;;;;/m0..../s1. The molecule has 0 radical (unpaired) electrons. The van der Waals surface area contributed by atoms with Crippen molar-refractivity contribution in [2.24, 2.45) is 0 Å². The Morgan fingerprint density at radius 3 is 1.32 bits per heavy atom. The molecule has 0 aliphatic heterocycles. The summed E-state index contributed by atoms with van der Waals surface area (Å²) in [4.78, 5) is 23.2. The Kier molecular flexibility index (Phi) is 19.4. The van der Waals surface area contributed by atoms with Crippen molar-refractivity contribution in [3.63, 3.8) is 0 Å². The van der Waals surface area contributed by atoms with Gasteiger partial charge in [0.25, 0.3) is 11.9 Å². The van der Waals surface area contributed by atoms with Crippen LogP contribution in [0.3, 0.4) is 0 Å². The van der Waals surface area contributed by atoms with Crippen LogP contribution in [0.5, 0.6) is 0 Å². The average Bonchev–Trinajstić information content (AvgIpc) is 2.64. The van der Waals surface area contributed by atoms with Gasteiger partial charge in [-0.05, 0) is 23.3 Å². The van der Waals surface area contributed by atoms with Gasteiger partial charge in [-0.25, -0.2) is 0 Å². The number of benzene rings is 2. The topological polar surface area (TPSA) is 98.7 Å². The molecule has 0 unspecified atom stereocenters. The van der Waals surface area contributed by atoms with E-state index in [-0.39, 0.29) is 80.2 Å². The van der Waals surface area contributed by atoms with Crippen LogP contribution >= 0.6 is 0 Å². The number of rotatable bonds is 7. The zero-order valence-corrected chi connectivity index (χ0v) is 20.6. The van der Waals surface area contributed by atoms with Crippen LogP contribution in [0.4, 0.5) is 0 Å². The van der Waals surface area contributed by atoms with Crippen molar-refractivity contribution in [2.45, 2.75) is 32.8 Å². The van der Waals surface area contributed by atoms with Crippen LogP contribution < -0.4 is 27.2 Å². The molecule has 6 nitrogen and oxygen atoms in total. The zero-order chi connectivity index (χ0) is 17.4. The van der Waals surface area contributed by atoms with Crippen molar-refractivity contribution in [2.75, 3.05) is 0 Å². The molecule has 0 saturated heterocycles. The Morgan fingerprint density at radius 2 is 1.04 bits per heavy atom. The molecule has 2 aromatic rings. The van der Waals surface area contributed by atoms with Gasteiger partial charge < -0.3 is 36.7 Å². The summed E-state index contributed by atoms with van der Waals surface area (Å²) in [5.74, 6) is -2.54. The van der Waals surface area contributed by atoms with Crippen LogP contribution in [0.25, 0.3) is 0 Å². The van der Waals surface area contributed by atoms with Crippen LogP contribution in [0.1, 0.15) is 18.6 Å². The van der Waals surface area contributed by atoms with Crippen molar-refractivity contribution in [3.05, 3.63) is 71.8 Å². The molecule has 2 aromatic carbocycles. The van der Waals surface area contributed by atoms with E-state index in [0.29, 0.717) is 11.1 Å². The molecule has 2 atom stereocenters. The second-order valence-corrected chi connectivity index (χ2v) is 5.03. The molecule has 0 aromatic heterocycles. The molecule has 0 amide bonds. The van der Waals surface area contributed by atoms with E-state index in [0.717, 1.165) is 0 Å². The molecule has 0 heterocycles. The summed E-state index contributed by atoms with van der Waals surface area (Å²) in [6.45, 7) is -0.269. The number of hydrogen-bond donors (Lipinski definition) is 0. The van der Waals surface area contributed by atoms with Gasteiger partial charge in [-0.2, -0.15) is 0 Å². The van der Waals surface area contributed by atoms with Gasteiger partial charge in [0.05, 0.1) is 0 Å². The number of halogens is 1. The van der Waals surface area contributed by atoms with Gasteiger partial charge in [0.2, 0.25) is 0 Å². The average molecular weight is 514 g/mol. The number of esters is 2. The van der Waals surface area contributed by atoms with Crippen molar-refractivity contribution in [1.82, 2.24) is 0 Å². The quantitative estimate of drug-likeness (QED) is 0.293. The predicted molar refractivity (Wildman–Crippen MR) is 92.5 cm³/mol. The molecule has 0 saturated carbocycles. The van der Waals surface area contributed by atoms with Crippen molar-refractivity contribution in [1.29, 1.82) is 0 Å². The minimum absolute atomic E-state index is 0. The Balaban J connectivity index is -0.00000156. The van der Waals surface area contributed by atoms with E-state index in [1.165, 1.54) is 0 Å². The molecule has 0 N–H and O–H groups in total. The molecule has 0 fully saturated rings. The van der Waals surface area contributed by atoms with E-state index in [1.807, 2.05) is 0 Å². The Labute approximate surface area is 204 Å². The summed E-state index contributed by atoms with van der Waals surface area (Å²) in [6, 6.07) is 17.4.